The van der Waals surface area contributed by atoms with Crippen LogP contribution in [0.4, 0.5) is 0 Å². The summed E-state index contributed by atoms with van der Waals surface area (Å²) in [5.74, 6) is 0.871. The van der Waals surface area contributed by atoms with Crippen LogP contribution in [-0.4, -0.2) is 69.3 Å². The zero-order chi connectivity index (χ0) is 30.0. The molecule has 0 radical (unpaired) electrons. The van der Waals surface area contributed by atoms with Crippen molar-refractivity contribution in [2.24, 2.45) is 23.7 Å². The molecule has 6 nitrogen and oxygen atoms in total. The molecule has 1 aromatic carbocycles. The Hall–Kier alpha value is -2.93. The summed E-state index contributed by atoms with van der Waals surface area (Å²) in [6.07, 6.45) is 19.4. The lowest BCUT2D eigenvalue weighted by atomic mass is 9.81. The fraction of sp³-hybridized carbons (Fsp3) is 0.541. The Kier molecular flexibility index (Phi) is 9.08. The number of aromatic amines is 1. The van der Waals surface area contributed by atoms with Crippen molar-refractivity contribution in [3.8, 4) is 0 Å². The number of piperidine rings is 1. The van der Waals surface area contributed by atoms with Crippen LogP contribution in [0.5, 0.6) is 0 Å². The minimum absolute atomic E-state index is 0.342. The summed E-state index contributed by atoms with van der Waals surface area (Å²) < 4.78 is 0. The Morgan fingerprint density at radius 3 is 2.58 bits per heavy atom. The molecule has 3 N–H and O–H groups in total. The highest BCUT2D eigenvalue weighted by Crippen LogP contribution is 2.41. The fourth-order valence-electron chi connectivity index (χ4n) is 8.11. The van der Waals surface area contributed by atoms with E-state index in [1.165, 1.54) is 16.7 Å². The van der Waals surface area contributed by atoms with Gasteiger partial charge in [0.2, 0.25) is 0 Å². The number of H-pyrrole nitrogens is 1. The molecule has 4 aliphatic rings. The molecule has 6 rings (SSSR count). The average Bonchev–Trinajstić information content (AvgIpc) is 3.59. The lowest BCUT2D eigenvalue weighted by Gasteiger charge is -2.40. The first-order chi connectivity index (χ1) is 20.8. The minimum Gasteiger partial charge on any atom is -0.480 e. The topological polar surface area (TPSA) is 79.8 Å². The zero-order valence-electron chi connectivity index (χ0n) is 25.9. The van der Waals surface area contributed by atoms with E-state index in [4.69, 9.17) is 0 Å². The van der Waals surface area contributed by atoms with Gasteiger partial charge in [0.1, 0.15) is 6.04 Å². The molecule has 3 heterocycles. The van der Waals surface area contributed by atoms with E-state index < -0.39 is 17.6 Å². The van der Waals surface area contributed by atoms with Crippen LogP contribution in [0, 0.1) is 23.7 Å². The molecule has 0 amide bonds. The molecule has 0 saturated carbocycles. The van der Waals surface area contributed by atoms with Gasteiger partial charge in [0.15, 0.2) is 0 Å². The van der Waals surface area contributed by atoms with Crippen LogP contribution in [0.1, 0.15) is 74.4 Å². The van der Waals surface area contributed by atoms with E-state index in [0.717, 1.165) is 88.9 Å². The van der Waals surface area contributed by atoms with E-state index in [2.05, 4.69) is 89.3 Å². The average molecular weight is 584 g/mol. The van der Waals surface area contributed by atoms with Crippen molar-refractivity contribution in [2.75, 3.05) is 32.7 Å². The highest BCUT2D eigenvalue weighted by Gasteiger charge is 2.43. The number of benzene rings is 1. The standard InChI is InChI=1S/C37H49N3O3/c1-26-8-6-12-29(20-26)33-25-40(35(36(41)42)32-22-38-34-14-13-27(2)21-31(32)34)24-30(33)23-39-18-16-37(43,17-19-39)15-7-11-28-9-4-3-5-10-28/h3-6,8-10,12-14,22,26-27,30,33,35,38,43H,7,11,15-21,23-25H2,1-2H3,(H,41,42)/t26?,27?,30-,33+,35?/m0/s1. The van der Waals surface area contributed by atoms with Crippen LogP contribution in [0.3, 0.4) is 0 Å². The number of aromatic nitrogens is 1. The first kappa shape index (κ1) is 30.1. The van der Waals surface area contributed by atoms with Gasteiger partial charge in [-0.15, -0.1) is 0 Å². The molecule has 2 fully saturated rings. The summed E-state index contributed by atoms with van der Waals surface area (Å²) in [5.41, 5.74) is 5.39. The summed E-state index contributed by atoms with van der Waals surface area (Å²) in [4.78, 5) is 21.0. The predicted octanol–water partition coefficient (Wildman–Crippen LogP) is 6.27. The van der Waals surface area contributed by atoms with Gasteiger partial charge in [0.05, 0.1) is 5.60 Å². The van der Waals surface area contributed by atoms with Gasteiger partial charge in [-0.3, -0.25) is 9.69 Å². The molecular weight excluding hydrogens is 534 g/mol. The van der Waals surface area contributed by atoms with Crippen LogP contribution in [0.2, 0.25) is 0 Å². The minimum atomic E-state index is -0.757. The number of hydrogen-bond donors (Lipinski definition) is 3. The molecule has 2 saturated heterocycles. The molecule has 230 valence electrons. The molecular formula is C37H49N3O3. The monoisotopic (exact) mass is 583 g/mol. The fourth-order valence-corrected chi connectivity index (χ4v) is 8.11. The third-order valence-corrected chi connectivity index (χ3v) is 10.6. The summed E-state index contributed by atoms with van der Waals surface area (Å²) in [6.45, 7) is 8.78. The highest BCUT2D eigenvalue weighted by atomic mass is 16.4. The van der Waals surface area contributed by atoms with Gasteiger partial charge >= 0.3 is 5.97 Å². The van der Waals surface area contributed by atoms with Crippen LogP contribution in [-0.2, 0) is 17.6 Å². The first-order valence-electron chi connectivity index (χ1n) is 16.5. The normalized spacial score (nSPS) is 28.0. The number of hydrogen-bond acceptors (Lipinski definition) is 4. The molecule has 0 bridgehead atoms. The molecule has 3 unspecified atom stereocenters. The van der Waals surface area contributed by atoms with Crippen LogP contribution < -0.4 is 0 Å². The number of nitrogens with one attached hydrogen (secondary N) is 1. The van der Waals surface area contributed by atoms with Crippen molar-refractivity contribution in [3.63, 3.8) is 0 Å². The second-order valence-electron chi connectivity index (χ2n) is 13.9. The number of carbonyl (C=O) groups is 1. The number of aryl methyl sites for hydroxylation is 1. The SMILES string of the molecule is CC1C=CC=C([C@H]2CN(C(C(=O)O)c3c[nH]c4c3CC(C)C=C4)C[C@@H]2CN2CCC(O)(CCCc3ccccc3)CC2)C1. The maximum absolute atomic E-state index is 12.9. The molecule has 43 heavy (non-hydrogen) atoms. The first-order valence-corrected chi connectivity index (χ1v) is 16.5. The molecule has 2 aliphatic heterocycles. The Morgan fingerprint density at radius 1 is 1.07 bits per heavy atom. The second kappa shape index (κ2) is 13.0. The third kappa shape index (κ3) is 6.92. The van der Waals surface area contributed by atoms with Crippen molar-refractivity contribution in [1.29, 1.82) is 0 Å². The number of aliphatic hydroxyl groups is 1. The number of likely N-dealkylation sites (tertiary alicyclic amines) is 2. The number of rotatable bonds is 10. The summed E-state index contributed by atoms with van der Waals surface area (Å²) in [7, 11) is 0. The molecule has 2 aliphatic carbocycles. The summed E-state index contributed by atoms with van der Waals surface area (Å²) in [5, 5.41) is 22.0. The van der Waals surface area contributed by atoms with Crippen LogP contribution >= 0.6 is 0 Å². The lowest BCUT2D eigenvalue weighted by molar-refractivity contribution is -0.143. The Bertz CT molecular complexity index is 1350. The van der Waals surface area contributed by atoms with Gasteiger partial charge < -0.3 is 20.1 Å². The highest BCUT2D eigenvalue weighted by molar-refractivity contribution is 5.77. The Labute approximate surface area is 257 Å². The van der Waals surface area contributed by atoms with E-state index in [1.807, 2.05) is 6.20 Å². The number of fused-ring (bicyclic) bond motifs is 1. The van der Waals surface area contributed by atoms with Crippen molar-refractivity contribution in [1.82, 2.24) is 14.8 Å². The molecule has 1 aromatic heterocycles. The van der Waals surface area contributed by atoms with E-state index in [1.54, 1.807) is 0 Å². The van der Waals surface area contributed by atoms with E-state index in [9.17, 15) is 15.0 Å². The maximum Gasteiger partial charge on any atom is 0.325 e. The quantitative estimate of drug-likeness (QED) is 0.307. The van der Waals surface area contributed by atoms with Gasteiger partial charge in [0, 0.05) is 50.2 Å². The van der Waals surface area contributed by atoms with E-state index >= 15 is 0 Å². The van der Waals surface area contributed by atoms with E-state index in [0.29, 0.717) is 23.7 Å². The summed E-state index contributed by atoms with van der Waals surface area (Å²) >= 11 is 0. The molecule has 5 atom stereocenters. The predicted molar refractivity (Wildman–Crippen MR) is 173 cm³/mol. The van der Waals surface area contributed by atoms with Crippen LogP contribution in [0.15, 0.2) is 66.4 Å². The van der Waals surface area contributed by atoms with Gasteiger partial charge in [-0.05, 0) is 85.8 Å². The van der Waals surface area contributed by atoms with Gasteiger partial charge in [-0.2, -0.15) is 0 Å². The maximum atomic E-state index is 12.9. The number of nitrogens with zero attached hydrogens (tertiary/aromatic N) is 2. The number of carboxylic acids is 1. The van der Waals surface area contributed by atoms with Crippen LogP contribution in [0.25, 0.3) is 6.08 Å². The molecule has 2 aromatic rings. The van der Waals surface area contributed by atoms with Crippen molar-refractivity contribution >= 4 is 12.0 Å². The van der Waals surface area contributed by atoms with Gasteiger partial charge in [0.25, 0.3) is 0 Å². The van der Waals surface area contributed by atoms with E-state index in [-0.39, 0.29) is 0 Å². The van der Waals surface area contributed by atoms with Crippen molar-refractivity contribution in [3.05, 3.63) is 88.8 Å². The number of carboxylic acid groups (broad SMARTS) is 1. The van der Waals surface area contributed by atoms with Crippen molar-refractivity contribution in [2.45, 2.75) is 70.4 Å². The third-order valence-electron chi connectivity index (χ3n) is 10.6. The largest absolute Gasteiger partial charge is 0.480 e. The molecule has 6 heteroatoms. The van der Waals surface area contributed by atoms with Gasteiger partial charge in [-0.25, -0.2) is 0 Å². The van der Waals surface area contributed by atoms with Crippen molar-refractivity contribution < 1.29 is 15.0 Å². The Morgan fingerprint density at radius 2 is 1.84 bits per heavy atom. The molecule has 0 spiro atoms. The lowest BCUT2D eigenvalue weighted by Crippen LogP contribution is -2.46. The summed E-state index contributed by atoms with van der Waals surface area (Å²) in [6, 6.07) is 9.92. The smallest absolute Gasteiger partial charge is 0.325 e. The zero-order valence-corrected chi connectivity index (χ0v) is 25.9. The number of allylic oxidation sites excluding steroid dienone is 4. The van der Waals surface area contributed by atoms with Gasteiger partial charge in [-0.1, -0.05) is 74.1 Å². The second-order valence-corrected chi connectivity index (χ2v) is 13.9. The number of aliphatic carboxylic acids is 1. The Balaban J connectivity index is 1.14.